The van der Waals surface area contributed by atoms with Gasteiger partial charge >= 0.3 is 72.5 Å². The van der Waals surface area contributed by atoms with Crippen LogP contribution in [0.25, 0.3) is 0 Å². The summed E-state index contributed by atoms with van der Waals surface area (Å²) in [5, 5.41) is 0. The van der Waals surface area contributed by atoms with Gasteiger partial charge in [0, 0.05) is 0 Å². The molecule has 0 aliphatic heterocycles. The Bertz CT molecular complexity index is 1020. The monoisotopic (exact) mass is 829 g/mol. The molecule has 0 amide bonds. The number of hydrogen-bond acceptors (Lipinski definition) is 0. The molecule has 0 radical (unpaired) electrons. The van der Waals surface area contributed by atoms with Crippen LogP contribution >= 0.6 is 0 Å². The van der Waals surface area contributed by atoms with Crippen molar-refractivity contribution in [2.24, 2.45) is 0 Å². The lowest BCUT2D eigenvalue weighted by Crippen LogP contribution is -3.00. The lowest BCUT2D eigenvalue weighted by molar-refractivity contribution is -1.21. The fraction of sp³-hybridized carbons (Fsp3) is 0.846. The molecule has 1 nitrogen and oxygen atoms in total. The molecule has 0 aromatic heterocycles. The quantitative estimate of drug-likeness (QED) is 0.108. The summed E-state index contributed by atoms with van der Waals surface area (Å²) in [4.78, 5) is 0. The van der Waals surface area contributed by atoms with E-state index in [1.165, 1.54) is 0 Å². The van der Waals surface area contributed by atoms with Crippen LogP contribution in [0, 0.1) is 0 Å². The van der Waals surface area contributed by atoms with Gasteiger partial charge in [0.1, 0.15) is 0 Å². The minimum Gasteiger partial charge on any atom is -1.00 e. The lowest BCUT2D eigenvalue weighted by Gasteiger charge is -2.49. The molecule has 260 valence electrons. The fourth-order valence-electron chi connectivity index (χ4n) is 2.58. The highest BCUT2D eigenvalue weighted by molar-refractivity contribution is 5.15. The molecule has 0 spiro atoms. The topological polar surface area (TPSA) is 0 Å². The van der Waals surface area contributed by atoms with Crippen molar-refractivity contribution < 1.29 is 151 Å². The van der Waals surface area contributed by atoms with E-state index in [9.17, 15) is 123 Å². The van der Waals surface area contributed by atoms with Gasteiger partial charge in [0.05, 0.1) is 0 Å². The van der Waals surface area contributed by atoms with Crippen LogP contribution in [-0.2, 0) is 0 Å². The molecule has 0 heterocycles. The average Bonchev–Trinajstić information content (AvgIpc) is 2.68. The fourth-order valence-corrected chi connectivity index (χ4v) is 2.58. The van der Waals surface area contributed by atoms with Crippen molar-refractivity contribution in [1.82, 2.24) is 0 Å². The van der Waals surface area contributed by atoms with Gasteiger partial charge in [0.15, 0.2) is 0 Å². The maximum atomic E-state index is 14.1. The molecule has 0 fully saturated rings. The predicted molar refractivity (Wildman–Crippen MR) is 68.4 cm³/mol. The van der Waals surface area contributed by atoms with Crippen LogP contribution in [0.2, 0.25) is 0 Å². The standard InChI is InChI=1S/C13F28N.HI/c14-1(2(15)16)3(17,18)42(12(36,37)38,13(39,40)41)11(34,35)9(29,30)7(25,26)5(21,22)4(19,20)6(23,24)8(27,28)10(31,32)33;/h;1H/q+1;/p-1. The maximum Gasteiger partial charge on any atom is 0.579 e. The third-order valence-electron chi connectivity index (χ3n) is 4.74. The molecular formula is C13F28IN. The molecule has 0 rings (SSSR count). The Balaban J connectivity index is 0. The van der Waals surface area contributed by atoms with E-state index in [0.717, 1.165) is 0 Å². The van der Waals surface area contributed by atoms with Crippen LogP contribution in [0.3, 0.4) is 0 Å². The highest BCUT2D eigenvalue weighted by Gasteiger charge is 3.04. The Hall–Kier alpha value is -1.53. The number of rotatable bonds is 9. The first-order valence-corrected chi connectivity index (χ1v) is 8.44. The third-order valence-corrected chi connectivity index (χ3v) is 4.74. The van der Waals surface area contributed by atoms with Gasteiger partial charge < -0.3 is 24.0 Å². The second-order valence-electron chi connectivity index (χ2n) is 7.21. The van der Waals surface area contributed by atoms with Gasteiger partial charge in [-0.1, -0.05) is 0 Å². The van der Waals surface area contributed by atoms with E-state index in [1.807, 2.05) is 0 Å². The number of hydrogen-bond donors (Lipinski definition) is 0. The predicted octanol–water partition coefficient (Wildman–Crippen LogP) is 6.48. The Morgan fingerprint density at radius 2 is 0.581 bits per heavy atom. The molecule has 0 unspecified atom stereocenters. The summed E-state index contributed by atoms with van der Waals surface area (Å²) in [5.41, 5.74) is 0. The van der Waals surface area contributed by atoms with Gasteiger partial charge in [0.2, 0.25) is 0 Å². The van der Waals surface area contributed by atoms with Crippen LogP contribution in [0.1, 0.15) is 0 Å². The summed E-state index contributed by atoms with van der Waals surface area (Å²) in [6.45, 7) is 0. The van der Waals surface area contributed by atoms with Crippen molar-refractivity contribution in [2.45, 2.75) is 66.4 Å². The maximum absolute atomic E-state index is 14.1. The number of nitrogens with zero attached hydrogens (tertiary/aromatic N) is 1. The first kappa shape index (κ1) is 43.6. The second-order valence-corrected chi connectivity index (χ2v) is 7.21. The van der Waals surface area contributed by atoms with Gasteiger partial charge in [-0.3, -0.25) is 0 Å². The largest absolute Gasteiger partial charge is 1.00 e. The number of quaternary nitrogens is 1. The van der Waals surface area contributed by atoms with Gasteiger partial charge in [-0.15, -0.1) is 43.9 Å². The summed E-state index contributed by atoms with van der Waals surface area (Å²) in [6.07, 6.45) is -32.4. The molecule has 0 saturated heterocycles. The van der Waals surface area contributed by atoms with Crippen LogP contribution in [0.15, 0.2) is 11.9 Å². The van der Waals surface area contributed by atoms with Crippen molar-refractivity contribution >= 4 is 0 Å². The molecule has 30 heteroatoms. The van der Waals surface area contributed by atoms with Gasteiger partial charge in [-0.25, -0.2) is 0 Å². The number of alkyl halides is 25. The average molecular weight is 829 g/mol. The smallest absolute Gasteiger partial charge is 0.579 e. The van der Waals surface area contributed by atoms with Crippen molar-refractivity contribution in [3.8, 4) is 0 Å². The zero-order valence-electron chi connectivity index (χ0n) is 17.9. The second kappa shape index (κ2) is 10.8. The van der Waals surface area contributed by atoms with E-state index in [-0.39, 0.29) is 24.0 Å². The highest BCUT2D eigenvalue weighted by atomic mass is 127. The Labute approximate surface area is 230 Å². The zero-order valence-corrected chi connectivity index (χ0v) is 20.1. The molecular weight excluding hydrogens is 829 g/mol. The Morgan fingerprint density at radius 3 is 0.791 bits per heavy atom. The normalized spacial score (nSPS) is 16.2. The van der Waals surface area contributed by atoms with E-state index in [1.54, 1.807) is 0 Å². The summed E-state index contributed by atoms with van der Waals surface area (Å²) >= 11 is 0. The van der Waals surface area contributed by atoms with Crippen molar-refractivity contribution in [2.75, 3.05) is 0 Å². The highest BCUT2D eigenvalue weighted by Crippen LogP contribution is 2.69. The molecule has 0 N–H and O–H groups in total. The van der Waals surface area contributed by atoms with Crippen LogP contribution in [0.4, 0.5) is 123 Å². The van der Waals surface area contributed by atoms with Crippen molar-refractivity contribution in [3.63, 3.8) is 0 Å². The molecule has 43 heavy (non-hydrogen) atoms. The van der Waals surface area contributed by atoms with E-state index in [4.69, 9.17) is 0 Å². The molecule has 0 aromatic carbocycles. The van der Waals surface area contributed by atoms with Crippen LogP contribution in [-0.4, -0.2) is 70.9 Å². The van der Waals surface area contributed by atoms with E-state index < -0.39 is 82.8 Å². The summed E-state index contributed by atoms with van der Waals surface area (Å²) < 4.78 is 358. The zero-order chi connectivity index (χ0) is 35.2. The van der Waals surface area contributed by atoms with Gasteiger partial charge in [-0.2, -0.15) is 79.0 Å². The summed E-state index contributed by atoms with van der Waals surface area (Å²) in [6, 6.07) is -19.4. The van der Waals surface area contributed by atoms with Crippen molar-refractivity contribution in [1.29, 1.82) is 0 Å². The summed E-state index contributed by atoms with van der Waals surface area (Å²) in [7, 11) is 0. The van der Waals surface area contributed by atoms with Gasteiger partial charge in [-0.05, 0) is 4.48 Å². The first-order chi connectivity index (χ1) is 17.6. The van der Waals surface area contributed by atoms with Crippen LogP contribution < -0.4 is 24.0 Å². The van der Waals surface area contributed by atoms with Crippen LogP contribution in [0.5, 0.6) is 0 Å². The van der Waals surface area contributed by atoms with E-state index >= 15 is 0 Å². The molecule has 0 aliphatic carbocycles. The van der Waals surface area contributed by atoms with Gasteiger partial charge in [0.25, 0.3) is 5.83 Å². The molecule has 0 atom stereocenters. The minimum atomic E-state index is -10.2. The first-order valence-electron chi connectivity index (χ1n) is 8.44. The summed E-state index contributed by atoms with van der Waals surface area (Å²) in [5.74, 6) is -63.6. The van der Waals surface area contributed by atoms with E-state index in [2.05, 4.69) is 0 Å². The molecule has 0 aliphatic rings. The third kappa shape index (κ3) is 5.19. The van der Waals surface area contributed by atoms with Crippen molar-refractivity contribution in [3.05, 3.63) is 11.9 Å². The number of halogens is 29. The lowest BCUT2D eigenvalue weighted by atomic mass is 9.89. The molecule has 0 saturated carbocycles. The molecule has 0 bridgehead atoms. The SMILES string of the molecule is FC(F)=C(F)C(F)(F)[N+](C(F)(F)F)(C(F)(F)F)C(F)(F)C(F)(F)C(F)(F)C(F)(F)C(F)(F)C(F)(F)C(F)(F)C(F)(F)F.[I-]. The Kier molecular flexibility index (Phi) is 10.9. The Morgan fingerprint density at radius 1 is 0.349 bits per heavy atom. The molecule has 0 aromatic rings. The van der Waals surface area contributed by atoms with E-state index in [0.29, 0.717) is 0 Å². The minimum absolute atomic E-state index is 0.